The molecule has 1 aliphatic rings. The molecular weight excluding hydrogens is 292 g/mol. The summed E-state index contributed by atoms with van der Waals surface area (Å²) in [6, 6.07) is 7.85. The Kier molecular flexibility index (Phi) is 4.03. The zero-order chi connectivity index (χ0) is 13.1. The van der Waals surface area contributed by atoms with Gasteiger partial charge in [-0.1, -0.05) is 22.0 Å². The van der Waals surface area contributed by atoms with E-state index in [1.807, 2.05) is 25.1 Å². The van der Waals surface area contributed by atoms with E-state index in [-0.39, 0.29) is 17.9 Å². The second-order valence-corrected chi connectivity index (χ2v) is 5.51. The molecule has 1 amide bonds. The van der Waals surface area contributed by atoms with Gasteiger partial charge in [-0.3, -0.25) is 4.79 Å². The van der Waals surface area contributed by atoms with Crippen LogP contribution in [0.1, 0.15) is 35.2 Å². The lowest BCUT2D eigenvalue weighted by molar-refractivity contribution is 0.0932. The molecule has 0 spiro atoms. The summed E-state index contributed by atoms with van der Waals surface area (Å²) in [5.74, 6) is -0.123. The third kappa shape index (κ3) is 2.56. The average Bonchev–Trinajstić information content (AvgIpc) is 2.79. The van der Waals surface area contributed by atoms with Gasteiger partial charge >= 0.3 is 0 Å². The van der Waals surface area contributed by atoms with Gasteiger partial charge in [-0.05, 0) is 43.9 Å². The molecule has 0 saturated heterocycles. The van der Waals surface area contributed by atoms with Gasteiger partial charge in [0, 0.05) is 16.1 Å². The van der Waals surface area contributed by atoms with Crippen molar-refractivity contribution >= 4 is 21.8 Å². The van der Waals surface area contributed by atoms with E-state index < -0.39 is 0 Å². The average molecular weight is 307 g/mol. The molecule has 1 aromatic rings. The van der Waals surface area contributed by atoms with Gasteiger partial charge in [0.1, 0.15) is 0 Å². The molecule has 0 bridgehead atoms. The van der Waals surface area contributed by atoms with Gasteiger partial charge in [-0.25, -0.2) is 0 Å². The van der Waals surface area contributed by atoms with Crippen molar-refractivity contribution in [1.82, 2.24) is 5.32 Å². The summed E-state index contributed by atoms with van der Waals surface area (Å²) in [6.45, 7) is 1.91. The monoisotopic (exact) mass is 306 g/mol. The van der Waals surface area contributed by atoms with Crippen molar-refractivity contribution in [3.63, 3.8) is 0 Å². The van der Waals surface area contributed by atoms with E-state index in [2.05, 4.69) is 27.3 Å². The number of nitrogens with one attached hydrogen (secondary N) is 1. The number of halogens is 1. The Morgan fingerprint density at radius 2 is 2.28 bits per heavy atom. The number of rotatable bonds is 2. The number of carbonyl (C=O) groups excluding carboxylic acids is 1. The second-order valence-electron chi connectivity index (χ2n) is 4.66. The number of nitriles is 1. The molecule has 0 radical (unpaired) electrons. The topological polar surface area (TPSA) is 52.9 Å². The maximum absolute atomic E-state index is 12.2. The van der Waals surface area contributed by atoms with Gasteiger partial charge in [0.15, 0.2) is 0 Å². The minimum Gasteiger partial charge on any atom is -0.348 e. The molecule has 1 aliphatic carbocycles. The predicted molar refractivity (Wildman–Crippen MR) is 73.1 cm³/mol. The van der Waals surface area contributed by atoms with Gasteiger partial charge in [0.2, 0.25) is 0 Å². The maximum Gasteiger partial charge on any atom is 0.251 e. The highest BCUT2D eigenvalue weighted by atomic mass is 79.9. The number of carbonyl (C=O) groups is 1. The molecule has 1 fully saturated rings. The largest absolute Gasteiger partial charge is 0.348 e. The van der Waals surface area contributed by atoms with Crippen molar-refractivity contribution < 1.29 is 4.79 Å². The van der Waals surface area contributed by atoms with E-state index in [4.69, 9.17) is 5.26 Å². The number of hydrogen-bond donors (Lipinski definition) is 1. The van der Waals surface area contributed by atoms with E-state index >= 15 is 0 Å². The highest BCUT2D eigenvalue weighted by Crippen LogP contribution is 2.26. The molecule has 94 valence electrons. The smallest absolute Gasteiger partial charge is 0.251 e. The third-order valence-corrected chi connectivity index (χ3v) is 4.37. The molecule has 0 aromatic heterocycles. The molecule has 2 rings (SSSR count). The van der Waals surface area contributed by atoms with Gasteiger partial charge in [-0.15, -0.1) is 0 Å². The first kappa shape index (κ1) is 13.1. The van der Waals surface area contributed by atoms with Gasteiger partial charge in [0.25, 0.3) is 5.91 Å². The van der Waals surface area contributed by atoms with E-state index in [0.29, 0.717) is 5.56 Å². The molecule has 1 aromatic carbocycles. The van der Waals surface area contributed by atoms with Crippen LogP contribution >= 0.6 is 15.9 Å². The predicted octanol–water partition coefficient (Wildman–Crippen LogP) is 3.18. The SMILES string of the molecule is Cc1c(Br)cccc1C(=O)NC1CCCC1C#N. The first-order valence-electron chi connectivity index (χ1n) is 6.09. The van der Waals surface area contributed by atoms with Crippen molar-refractivity contribution in [2.45, 2.75) is 32.2 Å². The Balaban J connectivity index is 2.13. The van der Waals surface area contributed by atoms with Crippen LogP contribution in [-0.4, -0.2) is 11.9 Å². The lowest BCUT2D eigenvalue weighted by atomic mass is 10.0. The maximum atomic E-state index is 12.2. The van der Waals surface area contributed by atoms with Crippen molar-refractivity contribution in [2.24, 2.45) is 5.92 Å². The van der Waals surface area contributed by atoms with Crippen LogP contribution in [-0.2, 0) is 0 Å². The normalized spacial score (nSPS) is 22.5. The first-order valence-corrected chi connectivity index (χ1v) is 6.88. The minimum absolute atomic E-state index is 0.000816. The fourth-order valence-corrected chi connectivity index (χ4v) is 2.75. The van der Waals surface area contributed by atoms with Crippen LogP contribution in [0.25, 0.3) is 0 Å². The van der Waals surface area contributed by atoms with Gasteiger partial charge < -0.3 is 5.32 Å². The molecule has 0 heterocycles. The number of nitrogens with zero attached hydrogens (tertiary/aromatic N) is 1. The summed E-state index contributed by atoms with van der Waals surface area (Å²) < 4.78 is 0.929. The summed E-state index contributed by atoms with van der Waals surface area (Å²) in [4.78, 5) is 12.2. The minimum atomic E-state index is -0.0825. The lowest BCUT2D eigenvalue weighted by Gasteiger charge is -2.16. The van der Waals surface area contributed by atoms with Crippen molar-refractivity contribution in [3.8, 4) is 6.07 Å². The number of hydrogen-bond acceptors (Lipinski definition) is 2. The van der Waals surface area contributed by atoms with Crippen LogP contribution in [0.3, 0.4) is 0 Å². The van der Waals surface area contributed by atoms with Crippen LogP contribution in [0.5, 0.6) is 0 Å². The van der Waals surface area contributed by atoms with E-state index in [1.165, 1.54) is 0 Å². The standard InChI is InChI=1S/C14H15BrN2O/c1-9-11(5-3-6-12(9)15)14(18)17-13-7-2-4-10(13)8-16/h3,5-6,10,13H,2,4,7H2,1H3,(H,17,18). The Bertz CT molecular complexity index is 507. The fraction of sp³-hybridized carbons (Fsp3) is 0.429. The van der Waals surface area contributed by atoms with Gasteiger partial charge in [-0.2, -0.15) is 5.26 Å². The van der Waals surface area contributed by atoms with Crippen LogP contribution in [0.2, 0.25) is 0 Å². The van der Waals surface area contributed by atoms with Crippen LogP contribution in [0, 0.1) is 24.2 Å². The Labute approximate surface area is 115 Å². The van der Waals surface area contributed by atoms with E-state index in [9.17, 15) is 4.79 Å². The quantitative estimate of drug-likeness (QED) is 0.912. The fourth-order valence-electron chi connectivity index (χ4n) is 2.39. The Hall–Kier alpha value is -1.34. The zero-order valence-electron chi connectivity index (χ0n) is 10.2. The summed E-state index contributed by atoms with van der Waals surface area (Å²) in [5.41, 5.74) is 1.61. The molecule has 0 aliphatic heterocycles. The van der Waals surface area contributed by atoms with Crippen molar-refractivity contribution in [2.75, 3.05) is 0 Å². The van der Waals surface area contributed by atoms with Crippen LogP contribution < -0.4 is 5.32 Å². The molecule has 3 nitrogen and oxygen atoms in total. The summed E-state index contributed by atoms with van der Waals surface area (Å²) in [7, 11) is 0. The number of benzene rings is 1. The molecular formula is C14H15BrN2O. The molecule has 1 N–H and O–H groups in total. The number of amides is 1. The Morgan fingerprint density at radius 1 is 1.50 bits per heavy atom. The summed E-state index contributed by atoms with van der Waals surface area (Å²) >= 11 is 3.42. The summed E-state index contributed by atoms with van der Waals surface area (Å²) in [6.07, 6.45) is 2.80. The Morgan fingerprint density at radius 3 is 3.00 bits per heavy atom. The molecule has 4 heteroatoms. The summed E-state index contributed by atoms with van der Waals surface area (Å²) in [5, 5.41) is 12.0. The van der Waals surface area contributed by atoms with E-state index in [0.717, 1.165) is 29.3 Å². The lowest BCUT2D eigenvalue weighted by Crippen LogP contribution is -2.37. The molecule has 2 unspecified atom stereocenters. The molecule has 18 heavy (non-hydrogen) atoms. The molecule has 2 atom stereocenters. The van der Waals surface area contributed by atoms with Gasteiger partial charge in [0.05, 0.1) is 12.0 Å². The van der Waals surface area contributed by atoms with Crippen LogP contribution in [0.15, 0.2) is 22.7 Å². The zero-order valence-corrected chi connectivity index (χ0v) is 11.8. The third-order valence-electron chi connectivity index (χ3n) is 3.51. The molecule has 1 saturated carbocycles. The highest BCUT2D eigenvalue weighted by molar-refractivity contribution is 9.10. The van der Waals surface area contributed by atoms with Crippen LogP contribution in [0.4, 0.5) is 0 Å². The first-order chi connectivity index (χ1) is 8.63. The van der Waals surface area contributed by atoms with E-state index in [1.54, 1.807) is 0 Å². The van der Waals surface area contributed by atoms with Crippen molar-refractivity contribution in [3.05, 3.63) is 33.8 Å². The highest BCUT2D eigenvalue weighted by Gasteiger charge is 2.28. The van der Waals surface area contributed by atoms with Crippen molar-refractivity contribution in [1.29, 1.82) is 5.26 Å². The second kappa shape index (κ2) is 5.53.